The van der Waals surface area contributed by atoms with Gasteiger partial charge in [-0.25, -0.2) is 0 Å². The Morgan fingerprint density at radius 3 is 2.71 bits per heavy atom. The summed E-state index contributed by atoms with van der Waals surface area (Å²) in [5, 5.41) is 3.64. The lowest BCUT2D eigenvalue weighted by Crippen LogP contribution is -2.22. The van der Waals surface area contributed by atoms with Gasteiger partial charge in [-0.15, -0.1) is 0 Å². The average molecular weight is 212 g/mol. The summed E-state index contributed by atoms with van der Waals surface area (Å²) in [7, 11) is 1.30. The fraction of sp³-hybridized carbons (Fsp3) is 0.400. The number of carbonyl (C=O) groups is 2. The van der Waals surface area contributed by atoms with Crippen molar-refractivity contribution in [1.29, 1.82) is 0 Å². The largest absolute Gasteiger partial charge is 0.468 e. The standard InChI is InChI=1S/C10H12O3S/c1-3-8(11)9(10(12)13-2)7-4-5-14-6-7/h4-6,9H,3H2,1-2H3. The van der Waals surface area contributed by atoms with E-state index in [2.05, 4.69) is 4.74 Å². The van der Waals surface area contributed by atoms with E-state index in [0.29, 0.717) is 6.42 Å². The third kappa shape index (κ3) is 2.20. The lowest BCUT2D eigenvalue weighted by Gasteiger charge is -2.10. The molecule has 1 aromatic heterocycles. The van der Waals surface area contributed by atoms with Gasteiger partial charge in [-0.2, -0.15) is 11.3 Å². The van der Waals surface area contributed by atoms with Crippen molar-refractivity contribution in [2.24, 2.45) is 0 Å². The minimum absolute atomic E-state index is 0.102. The van der Waals surface area contributed by atoms with Gasteiger partial charge in [0, 0.05) is 6.42 Å². The Kier molecular flexibility index (Phi) is 3.83. The Morgan fingerprint density at radius 2 is 2.29 bits per heavy atom. The molecule has 0 amide bonds. The molecule has 0 aromatic carbocycles. The van der Waals surface area contributed by atoms with Crippen LogP contribution in [0.4, 0.5) is 0 Å². The minimum atomic E-state index is -0.740. The molecule has 4 heteroatoms. The molecule has 1 rings (SSSR count). The predicted octanol–water partition coefficient (Wildman–Crippen LogP) is 1.98. The van der Waals surface area contributed by atoms with E-state index in [1.165, 1.54) is 18.4 Å². The Labute approximate surface area is 86.7 Å². The normalized spacial score (nSPS) is 12.1. The second-order valence-electron chi connectivity index (χ2n) is 2.83. The van der Waals surface area contributed by atoms with Crippen molar-refractivity contribution < 1.29 is 14.3 Å². The van der Waals surface area contributed by atoms with Crippen molar-refractivity contribution in [2.75, 3.05) is 7.11 Å². The number of hydrogen-bond donors (Lipinski definition) is 0. The molecule has 0 aliphatic rings. The van der Waals surface area contributed by atoms with Crippen LogP contribution in [0, 0.1) is 0 Å². The Balaban J connectivity index is 2.94. The number of ketones is 1. The summed E-state index contributed by atoms with van der Waals surface area (Å²) in [6.45, 7) is 1.74. The molecule has 0 saturated carbocycles. The molecule has 0 aliphatic carbocycles. The van der Waals surface area contributed by atoms with Crippen LogP contribution in [-0.4, -0.2) is 18.9 Å². The SMILES string of the molecule is CCC(=O)C(C(=O)OC)c1ccsc1. The van der Waals surface area contributed by atoms with Gasteiger partial charge in [-0.1, -0.05) is 6.92 Å². The number of hydrogen-bond acceptors (Lipinski definition) is 4. The van der Waals surface area contributed by atoms with Gasteiger partial charge in [0.2, 0.25) is 0 Å². The first-order valence-electron chi connectivity index (χ1n) is 4.33. The molecule has 0 bridgehead atoms. The van der Waals surface area contributed by atoms with Crippen LogP contribution >= 0.6 is 11.3 Å². The van der Waals surface area contributed by atoms with E-state index in [1.54, 1.807) is 18.4 Å². The van der Waals surface area contributed by atoms with E-state index in [1.807, 2.05) is 5.38 Å². The summed E-state index contributed by atoms with van der Waals surface area (Å²) in [5.74, 6) is -1.32. The maximum Gasteiger partial charge on any atom is 0.320 e. The van der Waals surface area contributed by atoms with Gasteiger partial charge in [-0.05, 0) is 22.4 Å². The zero-order valence-corrected chi connectivity index (χ0v) is 8.97. The van der Waals surface area contributed by atoms with Gasteiger partial charge >= 0.3 is 5.97 Å². The number of Topliss-reactive ketones (excluding diaryl/α,β-unsaturated/α-hetero) is 1. The number of thiophene rings is 1. The molecular weight excluding hydrogens is 200 g/mol. The first-order valence-corrected chi connectivity index (χ1v) is 5.27. The molecule has 3 nitrogen and oxygen atoms in total. The molecular formula is C10H12O3S. The predicted molar refractivity (Wildman–Crippen MR) is 54.4 cm³/mol. The molecule has 0 spiro atoms. The molecule has 14 heavy (non-hydrogen) atoms. The van der Waals surface area contributed by atoms with Gasteiger partial charge in [0.25, 0.3) is 0 Å². The number of carbonyl (C=O) groups excluding carboxylic acids is 2. The van der Waals surface area contributed by atoms with Crippen LogP contribution in [0.2, 0.25) is 0 Å². The van der Waals surface area contributed by atoms with Crippen molar-refractivity contribution in [3.8, 4) is 0 Å². The highest BCUT2D eigenvalue weighted by Crippen LogP contribution is 2.22. The van der Waals surface area contributed by atoms with Crippen molar-refractivity contribution >= 4 is 23.1 Å². The molecule has 0 aliphatic heterocycles. The molecule has 76 valence electrons. The van der Waals surface area contributed by atoms with Crippen LogP contribution in [0.5, 0.6) is 0 Å². The molecule has 1 unspecified atom stereocenters. The maximum absolute atomic E-state index is 11.5. The van der Waals surface area contributed by atoms with Crippen LogP contribution in [0.25, 0.3) is 0 Å². The number of rotatable bonds is 4. The van der Waals surface area contributed by atoms with E-state index in [4.69, 9.17) is 0 Å². The van der Waals surface area contributed by atoms with Gasteiger partial charge in [0.1, 0.15) is 5.92 Å². The second-order valence-corrected chi connectivity index (χ2v) is 3.61. The van der Waals surface area contributed by atoms with E-state index >= 15 is 0 Å². The summed E-state index contributed by atoms with van der Waals surface area (Å²) in [6, 6.07) is 1.78. The monoisotopic (exact) mass is 212 g/mol. The van der Waals surface area contributed by atoms with Gasteiger partial charge in [0.15, 0.2) is 5.78 Å². The third-order valence-corrected chi connectivity index (χ3v) is 2.69. The first-order chi connectivity index (χ1) is 6.70. The van der Waals surface area contributed by atoms with Gasteiger partial charge < -0.3 is 4.74 Å². The van der Waals surface area contributed by atoms with Crippen LogP contribution in [0.3, 0.4) is 0 Å². The van der Waals surface area contributed by atoms with E-state index in [9.17, 15) is 9.59 Å². The Bertz CT molecular complexity index is 300. The van der Waals surface area contributed by atoms with E-state index in [0.717, 1.165) is 5.56 Å². The quantitative estimate of drug-likeness (QED) is 0.566. The third-order valence-electron chi connectivity index (χ3n) is 1.98. The molecule has 0 radical (unpaired) electrons. The smallest absolute Gasteiger partial charge is 0.320 e. The lowest BCUT2D eigenvalue weighted by atomic mass is 9.96. The summed E-state index contributed by atoms with van der Waals surface area (Å²) >= 11 is 1.46. The Morgan fingerprint density at radius 1 is 1.57 bits per heavy atom. The summed E-state index contributed by atoms with van der Waals surface area (Å²) in [6.07, 6.45) is 0.343. The molecule has 1 aromatic rings. The minimum Gasteiger partial charge on any atom is -0.468 e. The van der Waals surface area contributed by atoms with E-state index in [-0.39, 0.29) is 5.78 Å². The lowest BCUT2D eigenvalue weighted by molar-refractivity contribution is -0.145. The summed E-state index contributed by atoms with van der Waals surface area (Å²) in [5.41, 5.74) is 0.730. The summed E-state index contributed by atoms with van der Waals surface area (Å²) in [4.78, 5) is 22.9. The average Bonchev–Trinajstić information content (AvgIpc) is 2.70. The topological polar surface area (TPSA) is 43.4 Å². The van der Waals surface area contributed by atoms with Crippen LogP contribution in [0.1, 0.15) is 24.8 Å². The van der Waals surface area contributed by atoms with Crippen molar-refractivity contribution in [1.82, 2.24) is 0 Å². The molecule has 1 atom stereocenters. The molecule has 1 heterocycles. The second kappa shape index (κ2) is 4.91. The first kappa shape index (κ1) is 10.9. The van der Waals surface area contributed by atoms with Crippen LogP contribution in [-0.2, 0) is 14.3 Å². The molecule has 0 N–H and O–H groups in total. The van der Waals surface area contributed by atoms with Gasteiger partial charge in [-0.3, -0.25) is 9.59 Å². The van der Waals surface area contributed by atoms with Crippen molar-refractivity contribution in [3.05, 3.63) is 22.4 Å². The molecule has 0 saturated heterocycles. The van der Waals surface area contributed by atoms with Crippen LogP contribution in [0.15, 0.2) is 16.8 Å². The highest BCUT2D eigenvalue weighted by atomic mass is 32.1. The van der Waals surface area contributed by atoms with E-state index < -0.39 is 11.9 Å². The highest BCUT2D eigenvalue weighted by Gasteiger charge is 2.27. The zero-order chi connectivity index (χ0) is 10.6. The zero-order valence-electron chi connectivity index (χ0n) is 8.15. The number of ether oxygens (including phenoxy) is 1. The van der Waals surface area contributed by atoms with Crippen LogP contribution < -0.4 is 0 Å². The fourth-order valence-electron chi connectivity index (χ4n) is 1.21. The maximum atomic E-state index is 11.5. The fourth-order valence-corrected chi connectivity index (χ4v) is 1.90. The molecule has 0 fully saturated rings. The Hall–Kier alpha value is -1.16. The number of methoxy groups -OCH3 is 1. The summed E-state index contributed by atoms with van der Waals surface area (Å²) < 4.78 is 4.60. The number of esters is 1. The van der Waals surface area contributed by atoms with Gasteiger partial charge in [0.05, 0.1) is 7.11 Å². The van der Waals surface area contributed by atoms with Crippen molar-refractivity contribution in [2.45, 2.75) is 19.3 Å². The highest BCUT2D eigenvalue weighted by molar-refractivity contribution is 7.08. The van der Waals surface area contributed by atoms with Crippen molar-refractivity contribution in [3.63, 3.8) is 0 Å².